The second kappa shape index (κ2) is 11.7. The molecule has 3 aromatic carbocycles. The minimum atomic E-state index is -5.44. The summed E-state index contributed by atoms with van der Waals surface area (Å²) in [6.07, 6.45) is -2.33. The fourth-order valence-electron chi connectivity index (χ4n) is 5.45. The molecule has 1 aliphatic carbocycles. The van der Waals surface area contributed by atoms with Crippen molar-refractivity contribution < 1.29 is 44.3 Å². The predicted octanol–water partition coefficient (Wildman–Crippen LogP) is 10.5. The molecule has 2 atom stereocenters. The van der Waals surface area contributed by atoms with Crippen molar-refractivity contribution in [3.8, 4) is 16.9 Å². The van der Waals surface area contributed by atoms with Crippen molar-refractivity contribution in [2.24, 2.45) is 5.92 Å². The second-order valence-electron chi connectivity index (χ2n) is 10.2. The van der Waals surface area contributed by atoms with E-state index in [1.54, 1.807) is 12.1 Å². The Balaban J connectivity index is 1.54. The molecule has 4 rings (SSSR count). The Morgan fingerprint density at radius 1 is 0.700 bits per heavy atom. The van der Waals surface area contributed by atoms with E-state index in [1.807, 2.05) is 12.1 Å². The lowest BCUT2D eigenvalue weighted by molar-refractivity contribution is -0.189. The molecule has 0 heterocycles. The molecule has 0 saturated heterocycles. The minimum Gasteiger partial charge on any atom is -0.429 e. The zero-order valence-electron chi connectivity index (χ0n) is 21.5. The van der Waals surface area contributed by atoms with Gasteiger partial charge in [-0.15, -0.1) is 0 Å². The fourth-order valence-corrected chi connectivity index (χ4v) is 5.45. The van der Waals surface area contributed by atoms with E-state index in [0.717, 1.165) is 43.6 Å². The molecule has 0 bridgehead atoms. The Hall–Kier alpha value is -3.17. The molecular weight excluding hydrogens is 547 g/mol. The average Bonchev–Trinajstić information content (AvgIpc) is 3.08. The topological polar surface area (TPSA) is 9.23 Å². The maximum atomic E-state index is 14.8. The second-order valence-corrected chi connectivity index (χ2v) is 10.2. The van der Waals surface area contributed by atoms with E-state index in [9.17, 15) is 39.5 Å². The molecule has 0 N–H and O–H groups in total. The number of ether oxygens (including phenoxy) is 1. The van der Waals surface area contributed by atoms with E-state index in [4.69, 9.17) is 0 Å². The third-order valence-corrected chi connectivity index (χ3v) is 7.38. The molecule has 0 aromatic heterocycles. The van der Waals surface area contributed by atoms with Gasteiger partial charge >= 0.3 is 12.3 Å². The highest BCUT2D eigenvalue weighted by Crippen LogP contribution is 2.41. The van der Waals surface area contributed by atoms with Crippen LogP contribution in [0.2, 0.25) is 0 Å². The van der Waals surface area contributed by atoms with Gasteiger partial charge in [-0.05, 0) is 59.9 Å². The molecule has 10 heteroatoms. The van der Waals surface area contributed by atoms with Gasteiger partial charge in [-0.2, -0.15) is 22.0 Å². The molecule has 1 aliphatic rings. The molecule has 2 unspecified atom stereocenters. The lowest BCUT2D eigenvalue weighted by Gasteiger charge is -2.21. The Bertz CT molecular complexity index is 1290. The summed E-state index contributed by atoms with van der Waals surface area (Å²) < 4.78 is 129. The Labute approximate surface area is 226 Å². The van der Waals surface area contributed by atoms with Crippen LogP contribution in [0.25, 0.3) is 11.1 Å². The lowest BCUT2D eigenvalue weighted by Crippen LogP contribution is -2.25. The summed E-state index contributed by atoms with van der Waals surface area (Å²) in [7, 11) is 0. The minimum absolute atomic E-state index is 0.0309. The van der Waals surface area contributed by atoms with Crippen molar-refractivity contribution in [1.82, 2.24) is 0 Å². The van der Waals surface area contributed by atoms with Gasteiger partial charge in [0.05, 0.1) is 0 Å². The first-order valence-electron chi connectivity index (χ1n) is 13.0. The Morgan fingerprint density at radius 2 is 1.27 bits per heavy atom. The third kappa shape index (κ3) is 6.58. The maximum Gasteiger partial charge on any atom is 0.432 e. The molecule has 40 heavy (non-hydrogen) atoms. The van der Waals surface area contributed by atoms with E-state index >= 15 is 0 Å². The highest BCUT2D eigenvalue weighted by Gasteiger charge is 2.43. The van der Waals surface area contributed by atoms with Gasteiger partial charge in [-0.1, -0.05) is 56.9 Å². The van der Waals surface area contributed by atoms with Crippen molar-refractivity contribution in [3.63, 3.8) is 0 Å². The largest absolute Gasteiger partial charge is 0.432 e. The van der Waals surface area contributed by atoms with E-state index in [0.29, 0.717) is 23.6 Å². The first-order chi connectivity index (χ1) is 18.8. The van der Waals surface area contributed by atoms with Gasteiger partial charge in [0.15, 0.2) is 0 Å². The molecule has 3 aromatic rings. The van der Waals surface area contributed by atoms with E-state index in [1.165, 1.54) is 12.8 Å². The zero-order chi connectivity index (χ0) is 29.2. The van der Waals surface area contributed by atoms with Crippen molar-refractivity contribution in [2.75, 3.05) is 0 Å². The molecule has 216 valence electrons. The number of hydrogen-bond donors (Lipinski definition) is 0. The number of alkyl halides is 5. The summed E-state index contributed by atoms with van der Waals surface area (Å²) in [6, 6.07) is 8.08. The van der Waals surface area contributed by atoms with Crippen molar-refractivity contribution >= 4 is 0 Å². The van der Waals surface area contributed by atoms with Crippen LogP contribution in [0.3, 0.4) is 0 Å². The Kier molecular flexibility index (Phi) is 8.75. The monoisotopic (exact) mass is 574 g/mol. The zero-order valence-corrected chi connectivity index (χ0v) is 21.5. The van der Waals surface area contributed by atoms with E-state index in [-0.39, 0.29) is 17.7 Å². The van der Waals surface area contributed by atoms with Crippen molar-refractivity contribution in [3.05, 3.63) is 88.5 Å². The van der Waals surface area contributed by atoms with Gasteiger partial charge in [-0.25, -0.2) is 17.6 Å². The molecule has 0 aliphatic heterocycles. The normalized spacial score (nSPS) is 18.4. The van der Waals surface area contributed by atoms with Gasteiger partial charge in [0.2, 0.25) is 0 Å². The number of halogens is 9. The predicted molar refractivity (Wildman–Crippen MR) is 132 cm³/mol. The SMILES string of the molecule is CCCC1CCCC(c2ccc(-c3cc(F)c(C(F)(F)Oc4cc(F)c(C(F)(F)F)c(F)c4)c(F)c3)cc2)CC1. The number of rotatable bonds is 7. The summed E-state index contributed by atoms with van der Waals surface area (Å²) >= 11 is 0. The molecule has 0 spiro atoms. The van der Waals surface area contributed by atoms with Crippen LogP contribution >= 0.6 is 0 Å². The number of benzene rings is 3. The van der Waals surface area contributed by atoms with Crippen LogP contribution in [-0.4, -0.2) is 0 Å². The van der Waals surface area contributed by atoms with Crippen LogP contribution in [0, 0.1) is 29.2 Å². The fraction of sp³-hybridized carbons (Fsp3) is 0.400. The van der Waals surface area contributed by atoms with Gasteiger partial charge in [0.1, 0.15) is 40.1 Å². The van der Waals surface area contributed by atoms with Gasteiger partial charge in [-0.3, -0.25) is 0 Å². The van der Waals surface area contributed by atoms with Gasteiger partial charge < -0.3 is 4.74 Å². The van der Waals surface area contributed by atoms with E-state index in [2.05, 4.69) is 11.7 Å². The summed E-state index contributed by atoms with van der Waals surface area (Å²) in [5.74, 6) is -8.15. The molecule has 1 fully saturated rings. The van der Waals surface area contributed by atoms with Crippen LogP contribution in [-0.2, 0) is 12.3 Å². The molecule has 1 saturated carbocycles. The third-order valence-electron chi connectivity index (χ3n) is 7.38. The molecule has 0 radical (unpaired) electrons. The highest BCUT2D eigenvalue weighted by molar-refractivity contribution is 5.64. The van der Waals surface area contributed by atoms with Crippen LogP contribution in [0.15, 0.2) is 48.5 Å². The standard InChI is InChI=1S/C30H27F9O/c1-2-4-17-5-3-6-18(8-7-17)19-9-11-20(12-10-19)21-13-23(31)28(24(32)14-21)30(38,39)40-22-15-25(33)27(26(34)16-22)29(35,36)37/h9-18H,2-8H2,1H3. The lowest BCUT2D eigenvalue weighted by atomic mass is 9.89. The highest BCUT2D eigenvalue weighted by atomic mass is 19.4. The Morgan fingerprint density at radius 3 is 1.82 bits per heavy atom. The van der Waals surface area contributed by atoms with Crippen LogP contribution in [0.5, 0.6) is 5.75 Å². The average molecular weight is 575 g/mol. The first-order valence-corrected chi connectivity index (χ1v) is 13.0. The van der Waals surface area contributed by atoms with Crippen LogP contribution < -0.4 is 4.74 Å². The smallest absolute Gasteiger partial charge is 0.429 e. The van der Waals surface area contributed by atoms with Crippen molar-refractivity contribution in [1.29, 1.82) is 0 Å². The van der Waals surface area contributed by atoms with Crippen molar-refractivity contribution in [2.45, 2.75) is 70.1 Å². The van der Waals surface area contributed by atoms with Crippen LogP contribution in [0.4, 0.5) is 39.5 Å². The maximum absolute atomic E-state index is 14.8. The molecule has 0 amide bonds. The number of hydrogen-bond acceptors (Lipinski definition) is 1. The summed E-state index contributed by atoms with van der Waals surface area (Å²) in [4.78, 5) is 0. The van der Waals surface area contributed by atoms with Crippen LogP contribution in [0.1, 0.15) is 74.5 Å². The van der Waals surface area contributed by atoms with E-state index < -0.39 is 52.4 Å². The quantitative estimate of drug-likeness (QED) is 0.202. The first kappa shape index (κ1) is 29.8. The summed E-state index contributed by atoms with van der Waals surface area (Å²) in [6.45, 7) is 2.18. The van der Waals surface area contributed by atoms with Gasteiger partial charge in [0, 0.05) is 12.1 Å². The summed E-state index contributed by atoms with van der Waals surface area (Å²) in [5, 5.41) is 0. The molecule has 1 nitrogen and oxygen atoms in total. The van der Waals surface area contributed by atoms with Gasteiger partial charge in [0.25, 0.3) is 0 Å². The molecular formula is C30H27F9O. The summed E-state index contributed by atoms with van der Waals surface area (Å²) in [5.41, 5.74) is -2.73.